The molecule has 1 N–H and O–H groups in total. The van der Waals surface area contributed by atoms with Crippen LogP contribution in [0, 0.1) is 0 Å². The molecule has 0 radical (unpaired) electrons. The first-order valence-corrected chi connectivity index (χ1v) is 11.1. The van der Waals surface area contributed by atoms with Gasteiger partial charge in [0.25, 0.3) is 0 Å². The van der Waals surface area contributed by atoms with E-state index in [1.807, 2.05) is 6.92 Å². The van der Waals surface area contributed by atoms with Crippen molar-refractivity contribution < 1.29 is 23.8 Å². The minimum Gasteiger partial charge on any atom is -0.506 e. The molecule has 3 rings (SSSR count). The summed E-state index contributed by atoms with van der Waals surface area (Å²) in [6.07, 6.45) is 2.43. The van der Waals surface area contributed by atoms with Crippen molar-refractivity contribution in [3.05, 3.63) is 62.4 Å². The lowest BCUT2D eigenvalue weighted by Gasteiger charge is -2.03. The van der Waals surface area contributed by atoms with E-state index in [4.69, 9.17) is 32.4 Å². The fraction of sp³-hybridized carbons (Fsp3) is 0.227. The van der Waals surface area contributed by atoms with Gasteiger partial charge >= 0.3 is 5.97 Å². The highest BCUT2D eigenvalue weighted by atomic mass is 35.5. The van der Waals surface area contributed by atoms with Crippen molar-refractivity contribution in [3.8, 4) is 11.3 Å². The van der Waals surface area contributed by atoms with Crippen molar-refractivity contribution in [2.24, 2.45) is 4.99 Å². The van der Waals surface area contributed by atoms with Crippen LogP contribution in [0.15, 0.2) is 56.0 Å². The highest BCUT2D eigenvalue weighted by molar-refractivity contribution is 8.18. The lowest BCUT2D eigenvalue weighted by atomic mass is 10.2. The number of esters is 1. The summed E-state index contributed by atoms with van der Waals surface area (Å²) in [7, 11) is 0. The minimum atomic E-state index is -0.741. The molecule has 6 nitrogen and oxygen atoms in total. The number of hydrogen-bond donors (Lipinski definition) is 1. The number of thioether (sulfide) groups is 1. The van der Waals surface area contributed by atoms with Gasteiger partial charge in [-0.25, -0.2) is 9.79 Å². The van der Waals surface area contributed by atoms with Crippen LogP contribution in [0.1, 0.15) is 32.4 Å². The zero-order valence-corrected chi connectivity index (χ0v) is 19.1. The van der Waals surface area contributed by atoms with E-state index in [-0.39, 0.29) is 35.3 Å². The van der Waals surface area contributed by atoms with Gasteiger partial charge in [-0.1, -0.05) is 41.9 Å². The van der Waals surface area contributed by atoms with Crippen LogP contribution in [0.5, 0.6) is 0 Å². The Kier molecular flexibility index (Phi) is 7.64. The largest absolute Gasteiger partial charge is 0.506 e. The molecular weight excluding hydrogens is 461 g/mol. The van der Waals surface area contributed by atoms with Gasteiger partial charge in [0.1, 0.15) is 27.9 Å². The summed E-state index contributed by atoms with van der Waals surface area (Å²) in [4.78, 5) is 28.6. The molecule has 1 aromatic heterocycles. The maximum absolute atomic E-state index is 12.3. The third-order valence-corrected chi connectivity index (χ3v) is 5.92. The van der Waals surface area contributed by atoms with Crippen molar-refractivity contribution in [1.82, 2.24) is 0 Å². The lowest BCUT2D eigenvalue weighted by molar-refractivity contribution is -0.138. The fourth-order valence-corrected chi connectivity index (χ4v) is 4.05. The highest BCUT2D eigenvalue weighted by Gasteiger charge is 2.34. The number of amides is 1. The van der Waals surface area contributed by atoms with Gasteiger partial charge in [0.05, 0.1) is 21.6 Å². The van der Waals surface area contributed by atoms with Gasteiger partial charge in [-0.15, -0.1) is 0 Å². The number of hydrogen-bond acceptors (Lipinski definition) is 6. The topological polar surface area (TPSA) is 89.1 Å². The number of furan rings is 1. The van der Waals surface area contributed by atoms with E-state index < -0.39 is 5.97 Å². The summed E-state index contributed by atoms with van der Waals surface area (Å²) in [6.45, 7) is 3.63. The Hall–Kier alpha value is -2.48. The number of carbonyl (C=O) groups excluding carboxylic acids is 2. The molecule has 1 aromatic carbocycles. The van der Waals surface area contributed by atoms with Gasteiger partial charge in [-0.2, -0.15) is 0 Å². The van der Waals surface area contributed by atoms with Crippen LogP contribution in [0.2, 0.25) is 10.0 Å². The summed E-state index contributed by atoms with van der Waals surface area (Å²) in [5.74, 6) is -0.441. The van der Waals surface area contributed by atoms with E-state index >= 15 is 0 Å². The first kappa shape index (κ1) is 23.2. The minimum absolute atomic E-state index is 0.108. The number of halogens is 2. The van der Waals surface area contributed by atoms with E-state index in [2.05, 4.69) is 4.99 Å². The second-order valence-corrected chi connectivity index (χ2v) is 8.29. The van der Waals surface area contributed by atoms with Gasteiger partial charge < -0.3 is 14.3 Å². The second-order valence-electron chi connectivity index (χ2n) is 6.45. The maximum atomic E-state index is 12.3. The monoisotopic (exact) mass is 479 g/mol. The summed E-state index contributed by atoms with van der Waals surface area (Å²) in [5.41, 5.74) is 0.608. The molecule has 0 saturated heterocycles. The first-order chi connectivity index (χ1) is 14.8. The summed E-state index contributed by atoms with van der Waals surface area (Å²) >= 11 is 13.0. The van der Waals surface area contributed by atoms with Crippen molar-refractivity contribution in [2.75, 3.05) is 6.61 Å². The van der Waals surface area contributed by atoms with Crippen LogP contribution in [-0.2, 0) is 14.3 Å². The Bertz CT molecular complexity index is 1120. The van der Waals surface area contributed by atoms with E-state index in [0.717, 1.165) is 17.3 Å². The first-order valence-electron chi connectivity index (χ1n) is 9.51. The Labute approximate surface area is 193 Å². The highest BCUT2D eigenvalue weighted by Crippen LogP contribution is 2.40. The van der Waals surface area contributed by atoms with Crippen molar-refractivity contribution in [3.63, 3.8) is 0 Å². The van der Waals surface area contributed by atoms with Crippen LogP contribution >= 0.6 is 35.0 Å². The van der Waals surface area contributed by atoms with Crippen molar-refractivity contribution in [2.45, 2.75) is 26.7 Å². The Balaban J connectivity index is 1.94. The number of carbonyl (C=O) groups is 2. The molecule has 1 amide bonds. The van der Waals surface area contributed by atoms with Crippen LogP contribution < -0.4 is 0 Å². The molecule has 0 aliphatic carbocycles. The van der Waals surface area contributed by atoms with Gasteiger partial charge in [0.15, 0.2) is 0 Å². The molecular formula is C22H19Cl2NO5S. The van der Waals surface area contributed by atoms with E-state index in [1.165, 1.54) is 0 Å². The van der Waals surface area contributed by atoms with Crippen LogP contribution in [0.25, 0.3) is 17.4 Å². The average Bonchev–Trinajstić information content (AvgIpc) is 3.29. The smallest absolute Gasteiger partial charge is 0.344 e. The van der Waals surface area contributed by atoms with Crippen molar-refractivity contribution in [1.29, 1.82) is 0 Å². The van der Waals surface area contributed by atoms with Gasteiger partial charge in [0, 0.05) is 12.0 Å². The van der Waals surface area contributed by atoms with E-state index in [9.17, 15) is 14.7 Å². The summed E-state index contributed by atoms with van der Waals surface area (Å²) < 4.78 is 10.8. The molecule has 0 bridgehead atoms. The van der Waals surface area contributed by atoms with Crippen LogP contribution in [0.4, 0.5) is 0 Å². The molecule has 2 heterocycles. The Morgan fingerprint density at radius 3 is 2.65 bits per heavy atom. The molecule has 0 saturated carbocycles. The molecule has 0 spiro atoms. The number of benzene rings is 1. The number of ether oxygens (including phenoxy) is 1. The van der Waals surface area contributed by atoms with E-state index in [0.29, 0.717) is 32.9 Å². The second kappa shape index (κ2) is 10.2. The van der Waals surface area contributed by atoms with Crippen molar-refractivity contribution >= 4 is 58.0 Å². The number of aliphatic hydroxyl groups is 1. The number of rotatable bonds is 6. The molecule has 9 heteroatoms. The molecule has 0 unspecified atom stereocenters. The number of aliphatic imine (C=N–C) groups is 1. The quantitative estimate of drug-likeness (QED) is 0.479. The van der Waals surface area contributed by atoms with Gasteiger partial charge in [-0.05, 0) is 49.8 Å². The normalized spacial score (nSPS) is 16.4. The summed E-state index contributed by atoms with van der Waals surface area (Å²) in [5, 5.41) is 11.6. The average molecular weight is 480 g/mol. The molecule has 162 valence electrons. The lowest BCUT2D eigenvalue weighted by Crippen LogP contribution is -2.14. The number of aliphatic hydroxyl groups excluding tert-OH is 1. The maximum Gasteiger partial charge on any atom is 0.344 e. The Morgan fingerprint density at radius 1 is 1.19 bits per heavy atom. The van der Waals surface area contributed by atoms with Crippen LogP contribution in [-0.4, -0.2) is 28.6 Å². The molecule has 31 heavy (non-hydrogen) atoms. The standard InChI is InChI=1S/C22H19Cl2NO5S/c1-3-5-18(26)25-21-19(22(28)29-4-2)20(27)17(31-21)11-13-7-9-16(30-13)12-6-8-14(23)15(24)10-12/h6-11,27H,3-5H2,1-2H3/b17-11-,25-21?. The fourth-order valence-electron chi connectivity index (χ4n) is 2.74. The predicted octanol–water partition coefficient (Wildman–Crippen LogP) is 6.44. The zero-order valence-electron chi connectivity index (χ0n) is 16.8. The molecule has 1 aliphatic rings. The SMILES string of the molecule is CCCC(=O)N=C1S/C(=C\c2ccc(-c3ccc(Cl)c(Cl)c3)o2)C(O)=C1C(=O)OCC. The predicted molar refractivity (Wildman–Crippen MR) is 123 cm³/mol. The molecule has 0 atom stereocenters. The van der Waals surface area contributed by atoms with Gasteiger partial charge in [0.2, 0.25) is 5.91 Å². The van der Waals surface area contributed by atoms with E-state index in [1.54, 1.807) is 43.3 Å². The van der Waals surface area contributed by atoms with Crippen LogP contribution in [0.3, 0.4) is 0 Å². The summed E-state index contributed by atoms with van der Waals surface area (Å²) in [6, 6.07) is 8.58. The third-order valence-electron chi connectivity index (χ3n) is 4.16. The van der Waals surface area contributed by atoms with Gasteiger partial charge in [-0.3, -0.25) is 4.79 Å². The zero-order chi connectivity index (χ0) is 22.5. The molecule has 0 fully saturated rings. The molecule has 1 aliphatic heterocycles. The number of nitrogens with zero attached hydrogens (tertiary/aromatic N) is 1. The molecule has 2 aromatic rings. The Morgan fingerprint density at radius 2 is 1.97 bits per heavy atom. The third kappa shape index (κ3) is 5.42.